The van der Waals surface area contributed by atoms with Crippen LogP contribution in [0.1, 0.15) is 15.9 Å². The standard InChI is InChI=1S/C14H12N4O2/c19-14(20)11-7-15-8-18-13(11)17-6-9-5-16-12-4-2-1-3-10(9)12/h1-5,7-8,16H,6H2,(H,19,20)(H,15,17,18). The van der Waals surface area contributed by atoms with Crippen molar-refractivity contribution in [1.29, 1.82) is 0 Å². The molecule has 3 N–H and O–H groups in total. The van der Waals surface area contributed by atoms with Crippen molar-refractivity contribution < 1.29 is 9.90 Å². The lowest BCUT2D eigenvalue weighted by Crippen LogP contribution is -2.08. The van der Waals surface area contributed by atoms with Crippen molar-refractivity contribution >= 4 is 22.7 Å². The van der Waals surface area contributed by atoms with Crippen molar-refractivity contribution in [1.82, 2.24) is 15.0 Å². The first-order valence-electron chi connectivity index (χ1n) is 6.08. The Balaban J connectivity index is 1.85. The number of aromatic carboxylic acids is 1. The van der Waals surface area contributed by atoms with Crippen molar-refractivity contribution in [3.63, 3.8) is 0 Å². The predicted molar refractivity (Wildman–Crippen MR) is 74.6 cm³/mol. The number of para-hydroxylation sites is 1. The molecule has 0 radical (unpaired) electrons. The Morgan fingerprint density at radius 2 is 2.20 bits per heavy atom. The van der Waals surface area contributed by atoms with Gasteiger partial charge in [-0.25, -0.2) is 14.8 Å². The number of nitrogens with one attached hydrogen (secondary N) is 2. The Labute approximate surface area is 114 Å². The monoisotopic (exact) mass is 268 g/mol. The molecule has 0 saturated heterocycles. The summed E-state index contributed by atoms with van der Waals surface area (Å²) in [7, 11) is 0. The van der Waals surface area contributed by atoms with Crippen LogP contribution in [0.3, 0.4) is 0 Å². The molecule has 6 heteroatoms. The highest BCUT2D eigenvalue weighted by atomic mass is 16.4. The number of nitrogens with zero attached hydrogens (tertiary/aromatic N) is 2. The van der Waals surface area contributed by atoms with Crippen LogP contribution in [-0.2, 0) is 6.54 Å². The van der Waals surface area contributed by atoms with Gasteiger partial charge in [0.15, 0.2) is 0 Å². The molecule has 2 aromatic heterocycles. The lowest BCUT2D eigenvalue weighted by Gasteiger charge is -2.07. The van der Waals surface area contributed by atoms with Crippen LogP contribution in [0.15, 0.2) is 43.0 Å². The van der Waals surface area contributed by atoms with Crippen molar-refractivity contribution in [3.05, 3.63) is 54.1 Å². The van der Waals surface area contributed by atoms with Gasteiger partial charge in [-0.15, -0.1) is 0 Å². The molecular weight excluding hydrogens is 256 g/mol. The first-order chi connectivity index (χ1) is 9.75. The summed E-state index contributed by atoms with van der Waals surface area (Å²) < 4.78 is 0. The number of carboxylic acid groups (broad SMARTS) is 1. The lowest BCUT2D eigenvalue weighted by molar-refractivity contribution is 0.0697. The minimum Gasteiger partial charge on any atom is -0.477 e. The first kappa shape index (κ1) is 12.2. The number of carboxylic acids is 1. The molecule has 20 heavy (non-hydrogen) atoms. The number of hydrogen-bond donors (Lipinski definition) is 3. The summed E-state index contributed by atoms with van der Waals surface area (Å²) in [6, 6.07) is 7.93. The Bertz CT molecular complexity index is 766. The summed E-state index contributed by atoms with van der Waals surface area (Å²) in [5, 5.41) is 13.2. The molecule has 1 aromatic carbocycles. The van der Waals surface area contributed by atoms with E-state index in [1.54, 1.807) is 0 Å². The number of carbonyl (C=O) groups is 1. The van der Waals surface area contributed by atoms with Gasteiger partial charge in [0.2, 0.25) is 0 Å². The van der Waals surface area contributed by atoms with E-state index in [0.717, 1.165) is 16.5 Å². The zero-order valence-corrected chi connectivity index (χ0v) is 10.5. The molecule has 0 amide bonds. The van der Waals surface area contributed by atoms with Gasteiger partial charge in [-0.05, 0) is 11.6 Å². The van der Waals surface area contributed by atoms with Crippen molar-refractivity contribution in [3.8, 4) is 0 Å². The average Bonchev–Trinajstić information content (AvgIpc) is 2.88. The minimum atomic E-state index is -1.05. The third-order valence-corrected chi connectivity index (χ3v) is 3.06. The van der Waals surface area contributed by atoms with E-state index in [4.69, 9.17) is 5.11 Å². The SMILES string of the molecule is O=C(O)c1cncnc1NCc1c[nH]c2ccccc12. The van der Waals surface area contributed by atoms with E-state index in [1.807, 2.05) is 30.5 Å². The fourth-order valence-electron chi connectivity index (χ4n) is 2.08. The summed E-state index contributed by atoms with van der Waals surface area (Å²) >= 11 is 0. The molecule has 2 heterocycles. The van der Waals surface area contributed by atoms with Gasteiger partial charge in [0, 0.05) is 29.8 Å². The second-order valence-electron chi connectivity index (χ2n) is 4.30. The van der Waals surface area contributed by atoms with E-state index in [9.17, 15) is 4.79 Å². The molecule has 0 aliphatic carbocycles. The highest BCUT2D eigenvalue weighted by Crippen LogP contribution is 2.19. The molecule has 0 bridgehead atoms. The third-order valence-electron chi connectivity index (χ3n) is 3.06. The van der Waals surface area contributed by atoms with Gasteiger partial charge in [0.25, 0.3) is 0 Å². The average molecular weight is 268 g/mol. The van der Waals surface area contributed by atoms with Crippen LogP contribution >= 0.6 is 0 Å². The molecule has 0 saturated carbocycles. The second-order valence-corrected chi connectivity index (χ2v) is 4.30. The Kier molecular flexibility index (Phi) is 3.04. The molecule has 0 aliphatic heterocycles. The normalized spacial score (nSPS) is 10.6. The number of fused-ring (bicyclic) bond motifs is 1. The number of aromatic nitrogens is 3. The van der Waals surface area contributed by atoms with Crippen molar-refractivity contribution in [2.75, 3.05) is 5.32 Å². The predicted octanol–water partition coefficient (Wildman–Crippen LogP) is 2.27. The summed E-state index contributed by atoms with van der Waals surface area (Å²) in [4.78, 5) is 21.9. The molecule has 0 unspecified atom stereocenters. The fraction of sp³-hybridized carbons (Fsp3) is 0.0714. The first-order valence-corrected chi connectivity index (χ1v) is 6.08. The smallest absolute Gasteiger partial charge is 0.341 e. The zero-order valence-electron chi connectivity index (χ0n) is 10.5. The molecular formula is C14H12N4O2. The summed E-state index contributed by atoms with van der Waals surface area (Å²) in [5.41, 5.74) is 2.16. The quantitative estimate of drug-likeness (QED) is 0.675. The topological polar surface area (TPSA) is 90.9 Å². The second kappa shape index (κ2) is 5.00. The molecule has 0 aliphatic rings. The van der Waals surface area contributed by atoms with Crippen LogP contribution in [0.4, 0.5) is 5.82 Å². The Morgan fingerprint density at radius 1 is 1.35 bits per heavy atom. The zero-order chi connectivity index (χ0) is 13.9. The highest BCUT2D eigenvalue weighted by Gasteiger charge is 2.11. The summed E-state index contributed by atoms with van der Waals surface area (Å²) in [6.07, 6.45) is 4.51. The number of aromatic amines is 1. The van der Waals surface area contributed by atoms with Gasteiger partial charge >= 0.3 is 5.97 Å². The van der Waals surface area contributed by atoms with Crippen molar-refractivity contribution in [2.24, 2.45) is 0 Å². The molecule has 0 atom stereocenters. The van der Waals surface area contributed by atoms with Crippen LogP contribution in [0.25, 0.3) is 10.9 Å². The largest absolute Gasteiger partial charge is 0.477 e. The van der Waals surface area contributed by atoms with E-state index in [0.29, 0.717) is 12.4 Å². The lowest BCUT2D eigenvalue weighted by atomic mass is 10.2. The maximum atomic E-state index is 11.1. The summed E-state index contributed by atoms with van der Waals surface area (Å²) in [5.74, 6) is -0.732. The third kappa shape index (κ3) is 2.18. The highest BCUT2D eigenvalue weighted by molar-refractivity contribution is 5.92. The van der Waals surface area contributed by atoms with Crippen LogP contribution in [0, 0.1) is 0 Å². The number of hydrogen-bond acceptors (Lipinski definition) is 4. The van der Waals surface area contributed by atoms with Gasteiger partial charge in [0.05, 0.1) is 0 Å². The maximum Gasteiger partial charge on any atom is 0.341 e. The van der Waals surface area contributed by atoms with Crippen molar-refractivity contribution in [2.45, 2.75) is 6.54 Å². The molecule has 6 nitrogen and oxygen atoms in total. The summed E-state index contributed by atoms with van der Waals surface area (Å²) in [6.45, 7) is 0.487. The van der Waals surface area contributed by atoms with E-state index in [2.05, 4.69) is 20.3 Å². The van der Waals surface area contributed by atoms with E-state index >= 15 is 0 Å². The van der Waals surface area contributed by atoms with E-state index in [-0.39, 0.29) is 5.56 Å². The van der Waals surface area contributed by atoms with Gasteiger partial charge in [-0.2, -0.15) is 0 Å². The van der Waals surface area contributed by atoms with Crippen LogP contribution < -0.4 is 5.32 Å². The maximum absolute atomic E-state index is 11.1. The Morgan fingerprint density at radius 3 is 3.05 bits per heavy atom. The van der Waals surface area contributed by atoms with Crippen LogP contribution in [0.5, 0.6) is 0 Å². The number of benzene rings is 1. The van der Waals surface area contributed by atoms with Gasteiger partial charge in [-0.1, -0.05) is 18.2 Å². The number of anilines is 1. The van der Waals surface area contributed by atoms with Gasteiger partial charge in [-0.3, -0.25) is 0 Å². The number of rotatable bonds is 4. The van der Waals surface area contributed by atoms with Gasteiger partial charge in [0.1, 0.15) is 17.7 Å². The van der Waals surface area contributed by atoms with Crippen LogP contribution in [0.2, 0.25) is 0 Å². The van der Waals surface area contributed by atoms with Gasteiger partial charge < -0.3 is 15.4 Å². The molecule has 3 aromatic rings. The number of H-pyrrole nitrogens is 1. The molecule has 100 valence electrons. The van der Waals surface area contributed by atoms with Crippen LogP contribution in [-0.4, -0.2) is 26.0 Å². The van der Waals surface area contributed by atoms with E-state index in [1.165, 1.54) is 12.5 Å². The fourth-order valence-corrected chi connectivity index (χ4v) is 2.08. The Hall–Kier alpha value is -2.89. The molecule has 0 spiro atoms. The minimum absolute atomic E-state index is 0.0624. The molecule has 0 fully saturated rings. The van der Waals surface area contributed by atoms with E-state index < -0.39 is 5.97 Å². The molecule has 3 rings (SSSR count).